The molecular weight excluding hydrogens is 178 g/mol. The maximum atomic E-state index is 9.75. The summed E-state index contributed by atoms with van der Waals surface area (Å²) >= 11 is 0. The molecule has 1 atom stereocenters. The van der Waals surface area contributed by atoms with Gasteiger partial charge >= 0.3 is 7.25 Å². The van der Waals surface area contributed by atoms with Crippen LogP contribution in [0.25, 0.3) is 0 Å². The monoisotopic (exact) mass is 192 g/mol. The van der Waals surface area contributed by atoms with Gasteiger partial charge in [-0.2, -0.15) is 0 Å². The van der Waals surface area contributed by atoms with Gasteiger partial charge in [0.15, 0.2) is 0 Å². The Morgan fingerprint density at radius 3 is 1.55 bits per heavy atom. The Kier molecular flexibility index (Phi) is 10.4. The summed E-state index contributed by atoms with van der Waals surface area (Å²) in [6.45, 7) is 2.23. The Balaban J connectivity index is 0. The third kappa shape index (κ3) is 66.7. The van der Waals surface area contributed by atoms with Gasteiger partial charge in [0.2, 0.25) is 0 Å². The second-order valence-corrected chi connectivity index (χ2v) is 2.76. The molecule has 0 saturated heterocycles. The van der Waals surface area contributed by atoms with E-state index in [1.54, 1.807) is 0 Å². The summed E-state index contributed by atoms with van der Waals surface area (Å²) < 4.78 is 39.0. The van der Waals surface area contributed by atoms with E-state index in [1.807, 2.05) is 0 Å². The van der Waals surface area contributed by atoms with Gasteiger partial charge in [-0.15, -0.1) is 0 Å². The molecule has 0 aliphatic rings. The summed E-state index contributed by atoms with van der Waals surface area (Å²) in [7, 11) is -3.93. The van der Waals surface area contributed by atoms with Crippen molar-refractivity contribution < 1.29 is 17.3 Å². The zero-order valence-electron chi connectivity index (χ0n) is 6.62. The molecule has 0 rings (SSSR count). The van der Waals surface area contributed by atoms with Crippen molar-refractivity contribution in [1.29, 1.82) is 0 Å². The smallest absolute Gasteiger partial charge is 0.418 e. The summed E-state index contributed by atoms with van der Waals surface area (Å²) in [5, 5.41) is 0. The first-order valence-electron chi connectivity index (χ1n) is 3.58. The molecule has 0 nitrogen and oxygen atoms in total. The van der Waals surface area contributed by atoms with Crippen LogP contribution in [0, 0.1) is 0 Å². The van der Waals surface area contributed by atoms with Crippen molar-refractivity contribution in [2.75, 3.05) is 6.16 Å². The normalized spacial score (nSPS) is 10.6. The lowest BCUT2D eigenvalue weighted by molar-refractivity contribution is 0.368. The largest absolute Gasteiger partial charge is 0.673 e. The molecule has 0 aromatic rings. The lowest BCUT2D eigenvalue weighted by Crippen LogP contribution is -2.02. The molecule has 0 aromatic heterocycles. The molecular formula is C5H14BF4P. The van der Waals surface area contributed by atoms with Crippen molar-refractivity contribution in [3.63, 3.8) is 0 Å². The van der Waals surface area contributed by atoms with E-state index >= 15 is 0 Å². The number of unbranched alkanes of at least 4 members (excludes halogenated alkanes) is 2. The number of rotatable bonds is 3. The highest BCUT2D eigenvalue weighted by Crippen LogP contribution is 2.06. The van der Waals surface area contributed by atoms with Crippen molar-refractivity contribution >= 4 is 16.5 Å². The van der Waals surface area contributed by atoms with Gasteiger partial charge in [0, 0.05) is 0 Å². The Bertz CT molecular complexity index is 65.4. The predicted molar refractivity (Wildman–Crippen MR) is 45.7 cm³/mol. The van der Waals surface area contributed by atoms with Crippen LogP contribution in [0.5, 0.6) is 0 Å². The first-order chi connectivity index (χ1) is 4.91. The van der Waals surface area contributed by atoms with Crippen LogP contribution in [-0.2, 0) is 0 Å². The van der Waals surface area contributed by atoms with Crippen molar-refractivity contribution in [3.05, 3.63) is 0 Å². The summed E-state index contributed by atoms with van der Waals surface area (Å²) in [5.74, 6) is 0. The topological polar surface area (TPSA) is 0 Å². The van der Waals surface area contributed by atoms with E-state index in [4.69, 9.17) is 0 Å². The number of hydrogen-bond acceptors (Lipinski definition) is 0. The fourth-order valence-electron chi connectivity index (χ4n) is 0.427. The predicted octanol–water partition coefficient (Wildman–Crippen LogP) is 3.08. The molecule has 1 unspecified atom stereocenters. The average Bonchev–Trinajstić information content (AvgIpc) is 1.79. The summed E-state index contributed by atoms with van der Waals surface area (Å²) in [5.41, 5.74) is 0. The van der Waals surface area contributed by atoms with Crippen LogP contribution < -0.4 is 0 Å². The summed E-state index contributed by atoms with van der Waals surface area (Å²) in [6, 6.07) is 0. The molecule has 70 valence electrons. The summed E-state index contributed by atoms with van der Waals surface area (Å²) in [6.07, 6.45) is 5.59. The maximum absolute atomic E-state index is 9.75. The fourth-order valence-corrected chi connectivity index (χ4v) is 0.780. The molecule has 0 spiro atoms. The Labute approximate surface area is 67.1 Å². The lowest BCUT2D eigenvalue weighted by Gasteiger charge is -1.94. The third-order valence-electron chi connectivity index (χ3n) is 0.854. The van der Waals surface area contributed by atoms with Crippen LogP contribution in [0.1, 0.15) is 26.2 Å². The molecule has 0 bridgehead atoms. The van der Waals surface area contributed by atoms with Crippen LogP contribution in [0.2, 0.25) is 0 Å². The molecule has 0 aliphatic carbocycles. The molecule has 0 aliphatic heterocycles. The Hall–Kier alpha value is 0.215. The van der Waals surface area contributed by atoms with Gasteiger partial charge in [-0.05, 0) is 15.7 Å². The Morgan fingerprint density at radius 2 is 1.45 bits per heavy atom. The van der Waals surface area contributed by atoms with E-state index in [0.717, 1.165) is 0 Å². The summed E-state index contributed by atoms with van der Waals surface area (Å²) in [4.78, 5) is 0. The molecule has 0 saturated carbocycles. The minimum absolute atomic E-state index is 1.36. The maximum Gasteiger partial charge on any atom is 0.673 e. The molecule has 0 heterocycles. The first kappa shape index (κ1) is 13.8. The highest BCUT2D eigenvalue weighted by atomic mass is 31.0. The van der Waals surface area contributed by atoms with E-state index in [0.29, 0.717) is 0 Å². The van der Waals surface area contributed by atoms with E-state index in [-0.39, 0.29) is 0 Å². The van der Waals surface area contributed by atoms with E-state index in [1.165, 1.54) is 25.4 Å². The standard InChI is InChI=1S/C5H13P.BF4/c1-2-3-4-5-6;2-1(3,4)5/h2-6H2,1H3;/q;-1/p+1. The third-order valence-corrected chi connectivity index (χ3v) is 1.35. The number of halogens is 4. The van der Waals surface area contributed by atoms with Gasteiger partial charge in [0.25, 0.3) is 0 Å². The quantitative estimate of drug-likeness (QED) is 0.279. The van der Waals surface area contributed by atoms with Crippen molar-refractivity contribution in [1.82, 2.24) is 0 Å². The fraction of sp³-hybridized carbons (Fsp3) is 1.00. The van der Waals surface area contributed by atoms with Crippen LogP contribution in [0.4, 0.5) is 17.3 Å². The van der Waals surface area contributed by atoms with Gasteiger partial charge in [-0.25, -0.2) is 0 Å². The van der Waals surface area contributed by atoms with E-state index in [9.17, 15) is 17.3 Å². The molecule has 0 aromatic carbocycles. The van der Waals surface area contributed by atoms with Crippen molar-refractivity contribution in [3.8, 4) is 0 Å². The molecule has 6 heteroatoms. The van der Waals surface area contributed by atoms with Crippen LogP contribution in [-0.4, -0.2) is 13.4 Å². The van der Waals surface area contributed by atoms with Crippen LogP contribution in [0.3, 0.4) is 0 Å². The highest BCUT2D eigenvalue weighted by molar-refractivity contribution is 7.16. The molecule has 0 N–H and O–H groups in total. The van der Waals surface area contributed by atoms with Crippen LogP contribution >= 0.6 is 9.24 Å². The van der Waals surface area contributed by atoms with Crippen molar-refractivity contribution in [2.45, 2.75) is 26.2 Å². The molecule has 11 heavy (non-hydrogen) atoms. The van der Waals surface area contributed by atoms with Gasteiger partial charge in [-0.1, -0.05) is 19.8 Å². The zero-order valence-corrected chi connectivity index (χ0v) is 8.04. The van der Waals surface area contributed by atoms with Crippen LogP contribution in [0.15, 0.2) is 0 Å². The van der Waals surface area contributed by atoms with Gasteiger partial charge in [0.1, 0.15) is 0 Å². The lowest BCUT2D eigenvalue weighted by atomic mass is 10.3. The first-order valence-corrected chi connectivity index (χ1v) is 4.58. The average molecular weight is 192 g/mol. The van der Waals surface area contributed by atoms with E-state index < -0.39 is 7.25 Å². The second-order valence-electron chi connectivity index (χ2n) is 2.06. The van der Waals surface area contributed by atoms with Gasteiger partial charge < -0.3 is 17.3 Å². The van der Waals surface area contributed by atoms with Gasteiger partial charge in [-0.3, -0.25) is 0 Å². The minimum Gasteiger partial charge on any atom is -0.418 e. The zero-order chi connectivity index (χ0) is 9.33. The number of hydrogen-bond donors (Lipinski definition) is 0. The van der Waals surface area contributed by atoms with Crippen molar-refractivity contribution in [2.24, 2.45) is 0 Å². The van der Waals surface area contributed by atoms with E-state index in [2.05, 4.69) is 16.2 Å². The molecule has 0 radical (unpaired) electrons. The molecule has 0 amide bonds. The molecule has 0 fully saturated rings. The second kappa shape index (κ2) is 8.31. The SMILES string of the molecule is CCCCC[PH3+].F[B-](F)(F)F. The minimum atomic E-state index is -6.00. The Morgan fingerprint density at radius 1 is 1.09 bits per heavy atom. The highest BCUT2D eigenvalue weighted by Gasteiger charge is 2.20. The van der Waals surface area contributed by atoms with Gasteiger partial charge in [0.05, 0.1) is 6.16 Å².